The van der Waals surface area contributed by atoms with Crippen LogP contribution in [0.4, 0.5) is 0 Å². The van der Waals surface area contributed by atoms with Crippen LogP contribution in [0.3, 0.4) is 0 Å². The number of amidine groups is 2. The zero-order chi connectivity index (χ0) is 14.5. The normalized spacial score (nSPS) is 9.18. The molecular formula is C8H22N4O4S. The fourth-order valence-electron chi connectivity index (χ4n) is 0.115. The molecule has 0 bridgehead atoms. The molecule has 0 aromatic rings. The second-order valence-electron chi connectivity index (χ2n) is 2.77. The van der Waals surface area contributed by atoms with Crippen LogP contribution < -0.4 is 11.5 Å². The van der Waals surface area contributed by atoms with Gasteiger partial charge in [0, 0.05) is 12.8 Å². The Bertz CT molecular complexity index is 289. The minimum atomic E-state index is -3.92. The van der Waals surface area contributed by atoms with Crippen molar-refractivity contribution in [3.8, 4) is 0 Å². The van der Waals surface area contributed by atoms with E-state index < -0.39 is 22.5 Å². The maximum Gasteiger partial charge on any atom is 0.267 e. The van der Waals surface area contributed by atoms with Crippen molar-refractivity contribution < 1.29 is 18.1 Å². The van der Waals surface area contributed by atoms with Crippen LogP contribution >= 0.6 is 0 Å². The largest absolute Gasteiger partial charge is 0.395 e. The topological polar surface area (TPSA) is 174 Å². The summed E-state index contributed by atoms with van der Waals surface area (Å²) >= 11 is 0. The third-order valence-corrected chi connectivity index (χ3v) is 1.81. The van der Waals surface area contributed by atoms with E-state index in [1.165, 1.54) is 0 Å². The van der Waals surface area contributed by atoms with Gasteiger partial charge in [-0.1, -0.05) is 13.8 Å². The summed E-state index contributed by atoms with van der Waals surface area (Å²) in [6, 6.07) is 0. The van der Waals surface area contributed by atoms with Crippen LogP contribution in [0.25, 0.3) is 0 Å². The Hall–Kier alpha value is -1.19. The van der Waals surface area contributed by atoms with Crippen LogP contribution in [0.15, 0.2) is 0 Å². The van der Waals surface area contributed by atoms with E-state index in [0.29, 0.717) is 12.8 Å². The zero-order valence-corrected chi connectivity index (χ0v) is 10.9. The minimum absolute atomic E-state index is 0.255. The summed E-state index contributed by atoms with van der Waals surface area (Å²) in [5, 5.41) is 20.9. The molecule has 0 radical (unpaired) electrons. The van der Waals surface area contributed by atoms with E-state index in [1.807, 2.05) is 13.8 Å². The molecule has 104 valence electrons. The summed E-state index contributed by atoms with van der Waals surface area (Å²) in [7, 11) is -3.92. The summed E-state index contributed by atoms with van der Waals surface area (Å²) in [4.78, 5) is 0. The van der Waals surface area contributed by atoms with Gasteiger partial charge in [-0.05, 0) is 0 Å². The summed E-state index contributed by atoms with van der Waals surface area (Å²) in [5.41, 5.74) is 9.75. The van der Waals surface area contributed by atoms with Gasteiger partial charge in [-0.3, -0.25) is 15.4 Å². The lowest BCUT2D eigenvalue weighted by atomic mass is 10.5. The smallest absolute Gasteiger partial charge is 0.267 e. The van der Waals surface area contributed by atoms with Crippen molar-refractivity contribution in [2.45, 2.75) is 26.7 Å². The summed E-state index contributed by atoms with van der Waals surface area (Å²) in [6.07, 6.45) is 1.33. The second kappa shape index (κ2) is 12.9. The molecule has 0 heterocycles. The molecule has 0 aliphatic rings. The second-order valence-corrected chi connectivity index (χ2v) is 4.34. The minimum Gasteiger partial charge on any atom is -0.395 e. The maximum atomic E-state index is 9.63. The molecule has 0 aromatic heterocycles. The zero-order valence-electron chi connectivity index (χ0n) is 10.1. The van der Waals surface area contributed by atoms with Gasteiger partial charge in [0.2, 0.25) is 0 Å². The molecule has 0 atom stereocenters. The number of nitrogens with one attached hydrogen (secondary N) is 2. The molecule has 8 nitrogen and oxygen atoms in total. The molecule has 0 aromatic carbocycles. The Kier molecular flexibility index (Phi) is 16.0. The summed E-state index contributed by atoms with van der Waals surface area (Å²) in [5.74, 6) is -0.0671. The first-order chi connectivity index (χ1) is 7.60. The van der Waals surface area contributed by atoms with E-state index in [1.54, 1.807) is 0 Å². The molecule has 0 amide bonds. The van der Waals surface area contributed by atoms with Crippen molar-refractivity contribution >= 4 is 21.8 Å². The number of aliphatic hydroxyl groups excluding tert-OH is 1. The van der Waals surface area contributed by atoms with Crippen molar-refractivity contribution in [3.05, 3.63) is 0 Å². The molecule has 0 spiro atoms. The van der Waals surface area contributed by atoms with Crippen molar-refractivity contribution in [1.82, 2.24) is 0 Å². The van der Waals surface area contributed by atoms with Crippen LogP contribution in [0.5, 0.6) is 0 Å². The van der Waals surface area contributed by atoms with Crippen LogP contribution in [0, 0.1) is 10.8 Å². The molecule has 0 unspecified atom stereocenters. The first-order valence-corrected chi connectivity index (χ1v) is 6.43. The highest BCUT2D eigenvalue weighted by Crippen LogP contribution is 1.76. The molecule has 17 heavy (non-hydrogen) atoms. The Labute approximate surface area is 102 Å². The molecule has 0 saturated carbocycles. The molecule has 0 saturated heterocycles. The van der Waals surface area contributed by atoms with Crippen LogP contribution in [0.2, 0.25) is 0 Å². The monoisotopic (exact) mass is 270 g/mol. The number of hydrogen-bond donors (Lipinski definition) is 6. The van der Waals surface area contributed by atoms with Gasteiger partial charge in [0.1, 0.15) is 0 Å². The quantitative estimate of drug-likeness (QED) is 0.228. The third-order valence-electron chi connectivity index (χ3n) is 1.11. The van der Waals surface area contributed by atoms with Crippen LogP contribution in [-0.4, -0.2) is 42.1 Å². The van der Waals surface area contributed by atoms with Gasteiger partial charge in [-0.15, -0.1) is 0 Å². The third kappa shape index (κ3) is 52.4. The van der Waals surface area contributed by atoms with Gasteiger partial charge < -0.3 is 16.6 Å². The van der Waals surface area contributed by atoms with E-state index in [2.05, 4.69) is 0 Å². The van der Waals surface area contributed by atoms with E-state index in [-0.39, 0.29) is 11.7 Å². The van der Waals surface area contributed by atoms with Gasteiger partial charge in [0.05, 0.1) is 24.0 Å². The average Bonchev–Trinajstić information content (AvgIpc) is 2.17. The van der Waals surface area contributed by atoms with Gasteiger partial charge in [0.25, 0.3) is 10.1 Å². The standard InChI is InChI=1S/2C3H8N2.C2H6O4S/c2*1-2-3(4)5;3-1-2-7(4,5)6/h2*2H2,1H3,(H3,4,5);3H,1-2H2,(H,4,5,6). The SMILES string of the molecule is CCC(=N)N.CCC(=N)N.O=S(=O)(O)CCO. The lowest BCUT2D eigenvalue weighted by molar-refractivity contribution is 0.315. The fraction of sp³-hybridized carbons (Fsp3) is 0.750. The molecule has 9 heteroatoms. The summed E-state index contributed by atoms with van der Waals surface area (Å²) < 4.78 is 27.1. The average molecular weight is 270 g/mol. The molecule has 0 rings (SSSR count). The Morgan fingerprint density at radius 1 is 1.12 bits per heavy atom. The molecule has 0 aliphatic heterocycles. The van der Waals surface area contributed by atoms with E-state index >= 15 is 0 Å². The lowest BCUT2D eigenvalue weighted by Crippen LogP contribution is -2.06. The highest BCUT2D eigenvalue weighted by Gasteiger charge is 1.99. The van der Waals surface area contributed by atoms with Crippen LogP contribution in [-0.2, 0) is 10.1 Å². The van der Waals surface area contributed by atoms with Gasteiger partial charge in [-0.25, -0.2) is 0 Å². The van der Waals surface area contributed by atoms with Crippen LogP contribution in [0.1, 0.15) is 26.7 Å². The Morgan fingerprint density at radius 3 is 1.35 bits per heavy atom. The summed E-state index contributed by atoms with van der Waals surface area (Å²) in [6.45, 7) is 3.17. The van der Waals surface area contributed by atoms with E-state index in [0.717, 1.165) is 0 Å². The van der Waals surface area contributed by atoms with Gasteiger partial charge in [0.15, 0.2) is 0 Å². The number of nitrogens with two attached hydrogens (primary N) is 2. The highest BCUT2D eigenvalue weighted by atomic mass is 32.2. The fourth-order valence-corrected chi connectivity index (χ4v) is 0.346. The lowest BCUT2D eigenvalue weighted by Gasteiger charge is -1.85. The number of aliphatic hydroxyl groups is 1. The van der Waals surface area contributed by atoms with Gasteiger partial charge >= 0.3 is 0 Å². The van der Waals surface area contributed by atoms with Crippen molar-refractivity contribution in [1.29, 1.82) is 10.8 Å². The molecular weight excluding hydrogens is 248 g/mol. The Balaban J connectivity index is -0.000000177. The maximum absolute atomic E-state index is 9.63. The van der Waals surface area contributed by atoms with Crippen molar-refractivity contribution in [3.63, 3.8) is 0 Å². The highest BCUT2D eigenvalue weighted by molar-refractivity contribution is 7.85. The van der Waals surface area contributed by atoms with E-state index in [9.17, 15) is 8.42 Å². The van der Waals surface area contributed by atoms with E-state index in [4.69, 9.17) is 31.9 Å². The number of rotatable bonds is 4. The van der Waals surface area contributed by atoms with Gasteiger partial charge in [-0.2, -0.15) is 8.42 Å². The Morgan fingerprint density at radius 2 is 1.35 bits per heavy atom. The van der Waals surface area contributed by atoms with Crippen molar-refractivity contribution in [2.75, 3.05) is 12.4 Å². The van der Waals surface area contributed by atoms with Crippen molar-refractivity contribution in [2.24, 2.45) is 11.5 Å². The molecule has 8 N–H and O–H groups in total. The predicted octanol–water partition coefficient (Wildman–Crippen LogP) is -0.469. The predicted molar refractivity (Wildman–Crippen MR) is 67.9 cm³/mol. The molecule has 0 aliphatic carbocycles. The number of hydrogen-bond acceptors (Lipinski definition) is 5. The molecule has 0 fully saturated rings. The first-order valence-electron chi connectivity index (χ1n) is 4.82. The first kappa shape index (κ1) is 21.1.